The molecule has 0 aromatic heterocycles. The Labute approximate surface area is 131 Å². The number of amides is 1. The quantitative estimate of drug-likeness (QED) is 0.910. The van der Waals surface area contributed by atoms with Gasteiger partial charge in [0.15, 0.2) is 0 Å². The summed E-state index contributed by atoms with van der Waals surface area (Å²) in [5.74, 6) is -1.02. The third-order valence-electron chi connectivity index (χ3n) is 3.06. The molecule has 112 valence electrons. The highest BCUT2D eigenvalue weighted by atomic mass is 35.5. The van der Waals surface area contributed by atoms with Crippen LogP contribution in [0.25, 0.3) is 0 Å². The van der Waals surface area contributed by atoms with Crippen molar-refractivity contribution in [3.8, 4) is 6.07 Å². The second-order valence-corrected chi connectivity index (χ2v) is 5.00. The molecular weight excluding hydrogens is 307 g/mol. The van der Waals surface area contributed by atoms with Gasteiger partial charge in [-0.1, -0.05) is 17.7 Å². The molecule has 0 fully saturated rings. The summed E-state index contributed by atoms with van der Waals surface area (Å²) >= 11 is 5.57. The molecular formula is C16H12ClFN2O2. The Morgan fingerprint density at radius 1 is 1.32 bits per heavy atom. The molecule has 0 heterocycles. The number of benzene rings is 2. The highest BCUT2D eigenvalue weighted by molar-refractivity contribution is 6.30. The number of aliphatic hydroxyl groups is 1. The Bertz CT molecular complexity index is 726. The first-order chi connectivity index (χ1) is 10.5. The van der Waals surface area contributed by atoms with Crippen LogP contribution in [0.3, 0.4) is 0 Å². The maximum atomic E-state index is 13.3. The number of aliphatic hydroxyl groups excluding tert-OH is 1. The fraction of sp³-hybridized carbons (Fsp3) is 0.125. The molecule has 22 heavy (non-hydrogen) atoms. The zero-order valence-electron chi connectivity index (χ0n) is 11.4. The van der Waals surface area contributed by atoms with E-state index in [1.807, 2.05) is 6.07 Å². The van der Waals surface area contributed by atoms with Crippen LogP contribution in [-0.4, -0.2) is 17.6 Å². The molecule has 0 bridgehead atoms. The topological polar surface area (TPSA) is 73.1 Å². The van der Waals surface area contributed by atoms with Crippen molar-refractivity contribution in [2.45, 2.75) is 6.10 Å². The van der Waals surface area contributed by atoms with Gasteiger partial charge in [-0.15, -0.1) is 0 Å². The highest BCUT2D eigenvalue weighted by Gasteiger charge is 2.12. The van der Waals surface area contributed by atoms with E-state index in [2.05, 4.69) is 5.32 Å². The average Bonchev–Trinajstić information content (AvgIpc) is 2.54. The summed E-state index contributed by atoms with van der Waals surface area (Å²) in [6.45, 7) is -0.0695. The zero-order chi connectivity index (χ0) is 16.1. The van der Waals surface area contributed by atoms with E-state index >= 15 is 0 Å². The number of hydrogen-bond acceptors (Lipinski definition) is 3. The Hall–Kier alpha value is -2.42. The minimum atomic E-state index is -1.05. The third-order valence-corrected chi connectivity index (χ3v) is 3.37. The Morgan fingerprint density at radius 2 is 2.00 bits per heavy atom. The monoisotopic (exact) mass is 318 g/mol. The summed E-state index contributed by atoms with van der Waals surface area (Å²) < 4.78 is 13.3. The van der Waals surface area contributed by atoms with E-state index in [4.69, 9.17) is 16.9 Å². The van der Waals surface area contributed by atoms with E-state index in [0.717, 1.165) is 6.07 Å². The average molecular weight is 319 g/mol. The predicted molar refractivity (Wildman–Crippen MR) is 79.9 cm³/mol. The van der Waals surface area contributed by atoms with Crippen LogP contribution in [0.2, 0.25) is 5.02 Å². The summed E-state index contributed by atoms with van der Waals surface area (Å²) in [6.07, 6.45) is -1.05. The lowest BCUT2D eigenvalue weighted by Crippen LogP contribution is -2.28. The molecule has 2 N–H and O–H groups in total. The summed E-state index contributed by atoms with van der Waals surface area (Å²) in [5, 5.41) is 21.1. The third kappa shape index (κ3) is 3.82. The van der Waals surface area contributed by atoms with Crippen molar-refractivity contribution in [3.05, 3.63) is 70.0 Å². The highest BCUT2D eigenvalue weighted by Crippen LogP contribution is 2.20. The summed E-state index contributed by atoms with van der Waals surface area (Å²) in [5.41, 5.74) is 1.14. The molecule has 1 unspecified atom stereocenters. The first kappa shape index (κ1) is 16.0. The van der Waals surface area contributed by atoms with E-state index < -0.39 is 17.8 Å². The smallest absolute Gasteiger partial charge is 0.251 e. The van der Waals surface area contributed by atoms with Crippen LogP contribution in [0.5, 0.6) is 0 Å². The summed E-state index contributed by atoms with van der Waals surface area (Å²) in [4.78, 5) is 11.9. The van der Waals surface area contributed by atoms with Gasteiger partial charge in [-0.05, 0) is 42.0 Å². The van der Waals surface area contributed by atoms with Crippen LogP contribution in [0, 0.1) is 17.1 Å². The lowest BCUT2D eigenvalue weighted by Gasteiger charge is -2.13. The first-order valence-electron chi connectivity index (χ1n) is 6.42. The SMILES string of the molecule is N#Cc1ccc(C(=O)NCC(O)c2ccc(Cl)c(F)c2)cc1. The van der Waals surface area contributed by atoms with Gasteiger partial charge < -0.3 is 10.4 Å². The van der Waals surface area contributed by atoms with Gasteiger partial charge in [0.1, 0.15) is 5.82 Å². The van der Waals surface area contributed by atoms with Crippen molar-refractivity contribution in [1.82, 2.24) is 5.32 Å². The maximum absolute atomic E-state index is 13.3. The molecule has 0 saturated carbocycles. The Kier molecular flexibility index (Phi) is 5.10. The number of rotatable bonds is 4. The largest absolute Gasteiger partial charge is 0.387 e. The van der Waals surface area contributed by atoms with Crippen molar-refractivity contribution < 1.29 is 14.3 Å². The molecule has 4 nitrogen and oxygen atoms in total. The second-order valence-electron chi connectivity index (χ2n) is 4.59. The molecule has 0 aliphatic rings. The van der Waals surface area contributed by atoms with Gasteiger partial charge in [0.2, 0.25) is 0 Å². The van der Waals surface area contributed by atoms with E-state index in [-0.39, 0.29) is 11.6 Å². The van der Waals surface area contributed by atoms with Gasteiger partial charge in [0.25, 0.3) is 5.91 Å². The second kappa shape index (κ2) is 7.03. The number of hydrogen-bond donors (Lipinski definition) is 2. The number of nitrogens with zero attached hydrogens (tertiary/aromatic N) is 1. The number of halogens is 2. The van der Waals surface area contributed by atoms with Crippen molar-refractivity contribution in [3.63, 3.8) is 0 Å². The Morgan fingerprint density at radius 3 is 2.59 bits per heavy atom. The van der Waals surface area contributed by atoms with Crippen LogP contribution >= 0.6 is 11.6 Å². The molecule has 0 saturated heterocycles. The van der Waals surface area contributed by atoms with Gasteiger partial charge in [-0.2, -0.15) is 5.26 Å². The number of nitriles is 1. The minimum Gasteiger partial charge on any atom is -0.387 e. The summed E-state index contributed by atoms with van der Waals surface area (Å²) in [6, 6.07) is 12.0. The van der Waals surface area contributed by atoms with E-state index in [0.29, 0.717) is 16.7 Å². The maximum Gasteiger partial charge on any atom is 0.251 e. The number of carbonyl (C=O) groups excluding carboxylic acids is 1. The molecule has 0 radical (unpaired) electrons. The molecule has 2 rings (SSSR count). The zero-order valence-corrected chi connectivity index (χ0v) is 12.1. The molecule has 2 aromatic carbocycles. The number of nitrogens with one attached hydrogen (secondary N) is 1. The molecule has 0 spiro atoms. The van der Waals surface area contributed by atoms with Crippen molar-refractivity contribution in [2.75, 3.05) is 6.54 Å². The first-order valence-corrected chi connectivity index (χ1v) is 6.80. The van der Waals surface area contributed by atoms with Crippen LogP contribution in [0.1, 0.15) is 27.6 Å². The molecule has 6 heteroatoms. The van der Waals surface area contributed by atoms with E-state index in [1.54, 1.807) is 0 Å². The standard InChI is InChI=1S/C16H12ClFN2O2/c17-13-6-5-12(7-14(13)18)15(21)9-20-16(22)11-3-1-10(8-19)2-4-11/h1-7,15,21H,9H2,(H,20,22). The van der Waals surface area contributed by atoms with E-state index in [9.17, 15) is 14.3 Å². The number of carbonyl (C=O) groups is 1. The van der Waals surface area contributed by atoms with Gasteiger partial charge in [-0.3, -0.25) is 4.79 Å². The van der Waals surface area contributed by atoms with Gasteiger partial charge in [0.05, 0.1) is 22.8 Å². The molecule has 0 aliphatic heterocycles. The van der Waals surface area contributed by atoms with Crippen molar-refractivity contribution in [1.29, 1.82) is 5.26 Å². The molecule has 0 aliphatic carbocycles. The van der Waals surface area contributed by atoms with Crippen LogP contribution in [-0.2, 0) is 0 Å². The van der Waals surface area contributed by atoms with Crippen LogP contribution in [0.15, 0.2) is 42.5 Å². The van der Waals surface area contributed by atoms with Gasteiger partial charge in [-0.25, -0.2) is 4.39 Å². The lowest BCUT2D eigenvalue weighted by atomic mass is 10.1. The van der Waals surface area contributed by atoms with Gasteiger partial charge >= 0.3 is 0 Å². The molecule has 1 amide bonds. The molecule has 1 atom stereocenters. The van der Waals surface area contributed by atoms with Crippen molar-refractivity contribution >= 4 is 17.5 Å². The van der Waals surface area contributed by atoms with Crippen LogP contribution < -0.4 is 5.32 Å². The van der Waals surface area contributed by atoms with Crippen molar-refractivity contribution in [2.24, 2.45) is 0 Å². The Balaban J connectivity index is 1.97. The van der Waals surface area contributed by atoms with Gasteiger partial charge in [0, 0.05) is 12.1 Å². The fourth-order valence-electron chi connectivity index (χ4n) is 1.83. The normalized spacial score (nSPS) is 11.5. The predicted octanol–water partition coefficient (Wildman–Crippen LogP) is 2.81. The fourth-order valence-corrected chi connectivity index (χ4v) is 1.94. The molecule has 2 aromatic rings. The lowest BCUT2D eigenvalue weighted by molar-refractivity contribution is 0.0916. The summed E-state index contributed by atoms with van der Waals surface area (Å²) in [7, 11) is 0. The van der Waals surface area contributed by atoms with E-state index in [1.165, 1.54) is 36.4 Å². The minimum absolute atomic E-state index is 0.0300. The van der Waals surface area contributed by atoms with Crippen LogP contribution in [0.4, 0.5) is 4.39 Å².